The lowest BCUT2D eigenvalue weighted by atomic mass is 10.1. The highest BCUT2D eigenvalue weighted by molar-refractivity contribution is 5.86. The number of benzene rings is 1. The van der Waals surface area contributed by atoms with Crippen molar-refractivity contribution >= 4 is 43.2 Å². The van der Waals surface area contributed by atoms with E-state index < -0.39 is 12.0 Å². The lowest BCUT2D eigenvalue weighted by molar-refractivity contribution is -0.144. The summed E-state index contributed by atoms with van der Waals surface area (Å²) in [7, 11) is 0. The Hall–Kier alpha value is -0.560. The highest BCUT2D eigenvalue weighted by Crippen LogP contribution is 2.12. The maximum Gasteiger partial charge on any atom is 0.322 e. The standard InChI is InChI=1S/C15H23N3O2.3ClH/c1-12(16)14(15(19)20)18-9-7-17(8-10-18)11-13-5-3-2-4-6-13;;;/h2-6,12,14H,7-11,16H2,1H3,(H,19,20);3*1H. The fraction of sp³-hybridized carbons (Fsp3) is 0.533. The van der Waals surface area contributed by atoms with Gasteiger partial charge in [-0.2, -0.15) is 0 Å². The van der Waals surface area contributed by atoms with Crippen molar-refractivity contribution < 1.29 is 9.90 Å². The van der Waals surface area contributed by atoms with Crippen LogP contribution in [-0.2, 0) is 11.3 Å². The summed E-state index contributed by atoms with van der Waals surface area (Å²) < 4.78 is 0. The van der Waals surface area contributed by atoms with Crippen molar-refractivity contribution in [3.8, 4) is 0 Å². The summed E-state index contributed by atoms with van der Waals surface area (Å²) in [5.74, 6) is -0.823. The quantitative estimate of drug-likeness (QED) is 0.808. The van der Waals surface area contributed by atoms with Crippen LogP contribution >= 0.6 is 37.2 Å². The zero-order chi connectivity index (χ0) is 14.5. The normalized spacial score (nSPS) is 17.8. The molecule has 1 heterocycles. The molecule has 2 rings (SSSR count). The van der Waals surface area contributed by atoms with Gasteiger partial charge in [0, 0.05) is 38.8 Å². The van der Waals surface area contributed by atoms with E-state index in [1.807, 2.05) is 23.1 Å². The molecular weight excluding hydrogens is 361 g/mol. The van der Waals surface area contributed by atoms with E-state index in [0.717, 1.165) is 32.7 Å². The molecule has 5 nitrogen and oxygen atoms in total. The molecule has 0 spiro atoms. The van der Waals surface area contributed by atoms with E-state index in [4.69, 9.17) is 5.73 Å². The van der Waals surface area contributed by atoms with Gasteiger partial charge in [-0.25, -0.2) is 0 Å². The minimum Gasteiger partial charge on any atom is -0.480 e. The second-order valence-corrected chi connectivity index (χ2v) is 5.44. The first-order valence-corrected chi connectivity index (χ1v) is 7.06. The number of carbonyl (C=O) groups is 1. The number of piperazine rings is 1. The van der Waals surface area contributed by atoms with Gasteiger partial charge in [-0.3, -0.25) is 14.6 Å². The van der Waals surface area contributed by atoms with Crippen molar-refractivity contribution in [3.63, 3.8) is 0 Å². The molecule has 8 heteroatoms. The van der Waals surface area contributed by atoms with E-state index in [1.165, 1.54) is 5.56 Å². The third-order valence-corrected chi connectivity index (χ3v) is 3.80. The zero-order valence-corrected chi connectivity index (χ0v) is 15.6. The molecule has 3 N–H and O–H groups in total. The molecule has 0 aliphatic carbocycles. The summed E-state index contributed by atoms with van der Waals surface area (Å²) in [5.41, 5.74) is 7.08. The summed E-state index contributed by atoms with van der Waals surface area (Å²) in [6.45, 7) is 5.95. The molecule has 0 saturated carbocycles. The number of hydrogen-bond donors (Lipinski definition) is 2. The van der Waals surface area contributed by atoms with Crippen molar-refractivity contribution in [2.45, 2.75) is 25.6 Å². The summed E-state index contributed by atoms with van der Waals surface area (Å²) in [4.78, 5) is 15.6. The summed E-state index contributed by atoms with van der Waals surface area (Å²) >= 11 is 0. The Kier molecular flexibility index (Phi) is 12.8. The smallest absolute Gasteiger partial charge is 0.322 e. The number of nitrogens with zero attached hydrogens (tertiary/aromatic N) is 2. The van der Waals surface area contributed by atoms with Gasteiger partial charge in [0.05, 0.1) is 0 Å². The number of rotatable bonds is 5. The van der Waals surface area contributed by atoms with Crippen molar-refractivity contribution in [1.29, 1.82) is 0 Å². The highest BCUT2D eigenvalue weighted by atomic mass is 35.5. The van der Waals surface area contributed by atoms with E-state index >= 15 is 0 Å². The second kappa shape index (κ2) is 11.9. The van der Waals surface area contributed by atoms with Gasteiger partial charge in [-0.15, -0.1) is 37.2 Å². The minimum atomic E-state index is -0.823. The number of nitrogens with two attached hydrogens (primary N) is 1. The monoisotopic (exact) mass is 385 g/mol. The first-order chi connectivity index (χ1) is 9.58. The lowest BCUT2D eigenvalue weighted by Crippen LogP contribution is -2.57. The van der Waals surface area contributed by atoms with Crippen molar-refractivity contribution in [2.24, 2.45) is 5.73 Å². The first kappa shape index (κ1) is 24.7. The molecule has 0 amide bonds. The van der Waals surface area contributed by atoms with E-state index in [-0.39, 0.29) is 43.3 Å². The van der Waals surface area contributed by atoms with Gasteiger partial charge in [-0.05, 0) is 12.5 Å². The Bertz CT molecular complexity index is 441. The average molecular weight is 387 g/mol. The van der Waals surface area contributed by atoms with Gasteiger partial charge >= 0.3 is 5.97 Å². The Morgan fingerprint density at radius 3 is 2.09 bits per heavy atom. The van der Waals surface area contributed by atoms with Gasteiger partial charge < -0.3 is 10.8 Å². The van der Waals surface area contributed by atoms with E-state index in [0.29, 0.717) is 0 Å². The Morgan fingerprint density at radius 2 is 1.65 bits per heavy atom. The summed E-state index contributed by atoms with van der Waals surface area (Å²) in [5, 5.41) is 9.26. The van der Waals surface area contributed by atoms with E-state index in [1.54, 1.807) is 6.92 Å². The highest BCUT2D eigenvalue weighted by Gasteiger charge is 2.31. The predicted molar refractivity (Wildman–Crippen MR) is 100 cm³/mol. The second-order valence-electron chi connectivity index (χ2n) is 5.44. The SMILES string of the molecule is CC(N)C(C(=O)O)N1CCN(Cc2ccccc2)CC1.Cl.Cl.Cl. The number of halogens is 3. The van der Waals surface area contributed by atoms with Crippen molar-refractivity contribution in [1.82, 2.24) is 9.80 Å². The van der Waals surface area contributed by atoms with Crippen LogP contribution in [0.15, 0.2) is 30.3 Å². The molecule has 1 aromatic carbocycles. The number of carboxylic acid groups (broad SMARTS) is 1. The van der Waals surface area contributed by atoms with Gasteiger partial charge in [0.15, 0.2) is 0 Å². The van der Waals surface area contributed by atoms with Crippen LogP contribution in [0.25, 0.3) is 0 Å². The summed E-state index contributed by atoms with van der Waals surface area (Å²) in [6, 6.07) is 9.41. The van der Waals surface area contributed by atoms with Crippen LogP contribution in [0.4, 0.5) is 0 Å². The Morgan fingerprint density at radius 1 is 1.13 bits per heavy atom. The van der Waals surface area contributed by atoms with Crippen LogP contribution in [0.3, 0.4) is 0 Å². The average Bonchev–Trinajstić information content (AvgIpc) is 2.41. The molecule has 1 saturated heterocycles. The van der Waals surface area contributed by atoms with Crippen LogP contribution in [-0.4, -0.2) is 59.1 Å². The molecule has 2 unspecified atom stereocenters. The van der Waals surface area contributed by atoms with Crippen LogP contribution in [0.1, 0.15) is 12.5 Å². The molecule has 2 atom stereocenters. The molecule has 134 valence electrons. The maximum absolute atomic E-state index is 11.3. The Labute approximate surface area is 156 Å². The van der Waals surface area contributed by atoms with Crippen molar-refractivity contribution in [3.05, 3.63) is 35.9 Å². The van der Waals surface area contributed by atoms with Crippen LogP contribution in [0, 0.1) is 0 Å². The minimum absolute atomic E-state index is 0. The first-order valence-electron chi connectivity index (χ1n) is 7.06. The van der Waals surface area contributed by atoms with Gasteiger partial charge in [-0.1, -0.05) is 30.3 Å². The molecule has 0 bridgehead atoms. The molecule has 1 aromatic rings. The fourth-order valence-electron chi connectivity index (χ4n) is 2.75. The zero-order valence-electron chi connectivity index (χ0n) is 13.1. The van der Waals surface area contributed by atoms with E-state index in [2.05, 4.69) is 17.0 Å². The van der Waals surface area contributed by atoms with Gasteiger partial charge in [0.25, 0.3) is 0 Å². The molecule has 0 radical (unpaired) electrons. The molecule has 1 fully saturated rings. The Balaban J connectivity index is 0. The topological polar surface area (TPSA) is 69.8 Å². The van der Waals surface area contributed by atoms with Crippen LogP contribution < -0.4 is 5.73 Å². The summed E-state index contributed by atoms with van der Waals surface area (Å²) in [6.07, 6.45) is 0. The van der Waals surface area contributed by atoms with Gasteiger partial charge in [0.1, 0.15) is 6.04 Å². The number of carboxylic acids is 1. The number of aliphatic carboxylic acids is 1. The van der Waals surface area contributed by atoms with Gasteiger partial charge in [0.2, 0.25) is 0 Å². The van der Waals surface area contributed by atoms with Crippen molar-refractivity contribution in [2.75, 3.05) is 26.2 Å². The van der Waals surface area contributed by atoms with E-state index in [9.17, 15) is 9.90 Å². The maximum atomic E-state index is 11.3. The lowest BCUT2D eigenvalue weighted by Gasteiger charge is -2.38. The largest absolute Gasteiger partial charge is 0.480 e. The van der Waals surface area contributed by atoms with Crippen LogP contribution in [0.2, 0.25) is 0 Å². The molecule has 0 aromatic heterocycles. The third kappa shape index (κ3) is 7.25. The fourth-order valence-corrected chi connectivity index (χ4v) is 2.75. The molecule has 23 heavy (non-hydrogen) atoms. The third-order valence-electron chi connectivity index (χ3n) is 3.80. The molecule has 1 aliphatic rings. The predicted octanol–water partition coefficient (Wildman–Crippen LogP) is 1.87. The number of hydrogen-bond acceptors (Lipinski definition) is 4. The molecule has 1 aliphatic heterocycles. The van der Waals surface area contributed by atoms with Crippen LogP contribution in [0.5, 0.6) is 0 Å². The molecular formula is C15H26Cl3N3O2.